The molecule has 0 spiro atoms. The minimum absolute atomic E-state index is 0.104. The van der Waals surface area contributed by atoms with Crippen molar-refractivity contribution in [2.24, 2.45) is 0 Å². The van der Waals surface area contributed by atoms with Crippen LogP contribution in [0.3, 0.4) is 0 Å². The quantitative estimate of drug-likeness (QED) is 0.472. The fourth-order valence-electron chi connectivity index (χ4n) is 2.01. The fraction of sp³-hybridized carbons (Fsp3) is 0.526. The monoisotopic (exact) mass is 336 g/mol. The molecule has 5 nitrogen and oxygen atoms in total. The number of carbonyl (C=O) groups excluding carboxylic acids is 1. The fourth-order valence-corrected chi connectivity index (χ4v) is 2.01. The molecule has 0 saturated carbocycles. The number of hydrogen-bond acceptors (Lipinski definition) is 5. The van der Waals surface area contributed by atoms with Crippen LogP contribution in [-0.2, 0) is 9.53 Å². The lowest BCUT2D eigenvalue weighted by Gasteiger charge is -2.17. The molecule has 0 radical (unpaired) electrons. The zero-order chi connectivity index (χ0) is 17.9. The summed E-state index contributed by atoms with van der Waals surface area (Å²) in [5, 5.41) is 0. The molecule has 1 rings (SSSR count). The summed E-state index contributed by atoms with van der Waals surface area (Å²) >= 11 is 0. The van der Waals surface area contributed by atoms with Crippen LogP contribution in [0.15, 0.2) is 18.2 Å². The second-order valence-electron chi connectivity index (χ2n) is 5.10. The van der Waals surface area contributed by atoms with Crippen LogP contribution in [0.4, 0.5) is 0 Å². The van der Waals surface area contributed by atoms with Gasteiger partial charge in [0.25, 0.3) is 0 Å². The van der Waals surface area contributed by atoms with E-state index in [1.54, 1.807) is 6.08 Å². The lowest BCUT2D eigenvalue weighted by molar-refractivity contribution is -0.142. The first-order chi connectivity index (χ1) is 11.6. The summed E-state index contributed by atoms with van der Waals surface area (Å²) < 4.78 is 22.3. The zero-order valence-corrected chi connectivity index (χ0v) is 15.3. The van der Waals surface area contributed by atoms with Gasteiger partial charge in [-0.15, -0.1) is 0 Å². The maximum Gasteiger partial charge on any atom is 0.331 e. The molecule has 1 aromatic carbocycles. The van der Waals surface area contributed by atoms with E-state index in [9.17, 15) is 4.79 Å². The molecule has 1 atom stereocenters. The Morgan fingerprint density at radius 1 is 1.00 bits per heavy atom. The first kappa shape index (κ1) is 19.9. The smallest absolute Gasteiger partial charge is 0.331 e. The van der Waals surface area contributed by atoms with Crippen LogP contribution in [0.5, 0.6) is 17.2 Å². The van der Waals surface area contributed by atoms with Crippen molar-refractivity contribution in [3.8, 4) is 17.2 Å². The average molecular weight is 336 g/mol. The van der Waals surface area contributed by atoms with Crippen LogP contribution in [-0.4, -0.2) is 31.9 Å². The number of rotatable bonds is 10. The topological polar surface area (TPSA) is 54.0 Å². The van der Waals surface area contributed by atoms with E-state index in [1.807, 2.05) is 46.8 Å². The Labute approximate surface area is 144 Å². The third kappa shape index (κ3) is 5.80. The molecule has 0 aromatic heterocycles. The van der Waals surface area contributed by atoms with Gasteiger partial charge in [0.1, 0.15) is 0 Å². The zero-order valence-electron chi connectivity index (χ0n) is 15.3. The third-order valence-corrected chi connectivity index (χ3v) is 3.27. The largest absolute Gasteiger partial charge is 0.490 e. The molecule has 0 aliphatic heterocycles. The standard InChI is InChI=1S/C19H28O5/c1-6-14(5)24-17(20)13-11-15-10-12-16(21-7-2)19(23-9-4)18(15)22-8-3/h10-14H,6-9H2,1-5H3. The summed E-state index contributed by atoms with van der Waals surface area (Å²) in [5.41, 5.74) is 0.741. The molecule has 24 heavy (non-hydrogen) atoms. The van der Waals surface area contributed by atoms with Crippen LogP contribution in [0, 0.1) is 0 Å². The van der Waals surface area contributed by atoms with Crippen LogP contribution in [0.1, 0.15) is 46.6 Å². The van der Waals surface area contributed by atoms with Gasteiger partial charge < -0.3 is 18.9 Å². The van der Waals surface area contributed by atoms with Crippen LogP contribution < -0.4 is 14.2 Å². The minimum Gasteiger partial charge on any atom is -0.490 e. The highest BCUT2D eigenvalue weighted by Gasteiger charge is 2.16. The van der Waals surface area contributed by atoms with Crippen LogP contribution in [0.2, 0.25) is 0 Å². The number of benzene rings is 1. The van der Waals surface area contributed by atoms with E-state index in [0.29, 0.717) is 37.1 Å². The predicted octanol–water partition coefficient (Wildman–Crippen LogP) is 4.24. The van der Waals surface area contributed by atoms with Gasteiger partial charge in [-0.1, -0.05) is 6.92 Å². The van der Waals surface area contributed by atoms with Crippen molar-refractivity contribution in [3.05, 3.63) is 23.8 Å². The molecule has 0 saturated heterocycles. The number of carbonyl (C=O) groups is 1. The van der Waals surface area contributed by atoms with E-state index in [4.69, 9.17) is 18.9 Å². The first-order valence-corrected chi connectivity index (χ1v) is 8.51. The van der Waals surface area contributed by atoms with Gasteiger partial charge in [-0.3, -0.25) is 0 Å². The second-order valence-corrected chi connectivity index (χ2v) is 5.10. The average Bonchev–Trinajstić information content (AvgIpc) is 2.57. The van der Waals surface area contributed by atoms with E-state index < -0.39 is 0 Å². The lowest BCUT2D eigenvalue weighted by atomic mass is 10.1. The molecular weight excluding hydrogens is 308 g/mol. The molecule has 0 N–H and O–H groups in total. The summed E-state index contributed by atoms with van der Waals surface area (Å²) in [6.07, 6.45) is 3.75. The Hall–Kier alpha value is -2.17. The van der Waals surface area contributed by atoms with Gasteiger partial charge in [0, 0.05) is 11.6 Å². The lowest BCUT2D eigenvalue weighted by Crippen LogP contribution is -2.11. The van der Waals surface area contributed by atoms with Gasteiger partial charge in [0.15, 0.2) is 11.5 Å². The Balaban J connectivity index is 3.12. The molecule has 0 aliphatic carbocycles. The maximum absolute atomic E-state index is 11.8. The normalized spacial score (nSPS) is 12.0. The van der Waals surface area contributed by atoms with E-state index in [2.05, 4.69) is 0 Å². The summed E-state index contributed by atoms with van der Waals surface area (Å²) in [4.78, 5) is 11.8. The SMILES string of the molecule is CCOc1ccc(C=CC(=O)OC(C)CC)c(OCC)c1OCC. The van der Waals surface area contributed by atoms with Gasteiger partial charge in [0.2, 0.25) is 5.75 Å². The Kier molecular flexibility index (Phi) is 8.76. The van der Waals surface area contributed by atoms with Crippen molar-refractivity contribution in [3.63, 3.8) is 0 Å². The second kappa shape index (κ2) is 10.6. The van der Waals surface area contributed by atoms with Crippen molar-refractivity contribution in [2.45, 2.75) is 47.1 Å². The van der Waals surface area contributed by atoms with Gasteiger partial charge in [-0.25, -0.2) is 4.79 Å². The molecule has 0 heterocycles. The number of hydrogen-bond donors (Lipinski definition) is 0. The van der Waals surface area contributed by atoms with Crippen LogP contribution >= 0.6 is 0 Å². The number of esters is 1. The summed E-state index contributed by atoms with van der Waals surface area (Å²) in [6.45, 7) is 11.0. The Morgan fingerprint density at radius 3 is 2.21 bits per heavy atom. The molecule has 134 valence electrons. The molecule has 0 amide bonds. The molecule has 1 unspecified atom stereocenters. The Morgan fingerprint density at radius 2 is 1.62 bits per heavy atom. The van der Waals surface area contributed by atoms with Crippen LogP contribution in [0.25, 0.3) is 6.08 Å². The summed E-state index contributed by atoms with van der Waals surface area (Å²) in [5.74, 6) is 1.37. The summed E-state index contributed by atoms with van der Waals surface area (Å²) in [6, 6.07) is 3.65. The van der Waals surface area contributed by atoms with E-state index in [-0.39, 0.29) is 12.1 Å². The van der Waals surface area contributed by atoms with Gasteiger partial charge in [-0.2, -0.15) is 0 Å². The number of ether oxygens (including phenoxy) is 4. The van der Waals surface area contributed by atoms with E-state index in [1.165, 1.54) is 6.08 Å². The van der Waals surface area contributed by atoms with Crippen molar-refractivity contribution in [2.75, 3.05) is 19.8 Å². The van der Waals surface area contributed by atoms with E-state index >= 15 is 0 Å². The highest BCUT2D eigenvalue weighted by atomic mass is 16.5. The first-order valence-electron chi connectivity index (χ1n) is 8.51. The van der Waals surface area contributed by atoms with Gasteiger partial charge in [0.05, 0.1) is 25.9 Å². The summed E-state index contributed by atoms with van der Waals surface area (Å²) in [7, 11) is 0. The molecule has 5 heteroatoms. The van der Waals surface area contributed by atoms with Gasteiger partial charge >= 0.3 is 5.97 Å². The maximum atomic E-state index is 11.8. The van der Waals surface area contributed by atoms with Crippen molar-refractivity contribution in [1.29, 1.82) is 0 Å². The van der Waals surface area contributed by atoms with Crippen molar-refractivity contribution in [1.82, 2.24) is 0 Å². The van der Waals surface area contributed by atoms with Gasteiger partial charge in [-0.05, 0) is 52.3 Å². The highest BCUT2D eigenvalue weighted by Crippen LogP contribution is 2.41. The molecule has 0 aliphatic rings. The minimum atomic E-state index is -0.376. The molecule has 0 fully saturated rings. The van der Waals surface area contributed by atoms with Crippen molar-refractivity contribution < 1.29 is 23.7 Å². The predicted molar refractivity (Wildman–Crippen MR) is 94.8 cm³/mol. The van der Waals surface area contributed by atoms with E-state index in [0.717, 1.165) is 12.0 Å². The third-order valence-electron chi connectivity index (χ3n) is 3.27. The molecular formula is C19H28O5. The Bertz CT molecular complexity index is 551. The van der Waals surface area contributed by atoms with Crippen molar-refractivity contribution >= 4 is 12.0 Å². The highest BCUT2D eigenvalue weighted by molar-refractivity contribution is 5.88. The molecule has 1 aromatic rings. The molecule has 0 bridgehead atoms.